The van der Waals surface area contributed by atoms with Gasteiger partial charge in [0.25, 0.3) is 0 Å². The van der Waals surface area contributed by atoms with E-state index in [1.807, 2.05) is 0 Å². The van der Waals surface area contributed by atoms with Crippen molar-refractivity contribution in [3.63, 3.8) is 0 Å². The number of benzene rings is 1. The van der Waals surface area contributed by atoms with Crippen LogP contribution in [0.25, 0.3) is 0 Å². The van der Waals surface area contributed by atoms with E-state index in [1.54, 1.807) is 30.3 Å². The fourth-order valence-corrected chi connectivity index (χ4v) is 1.93. The standard InChI is InChI=1S/C11H9NO3S/c13-11(8-4-2-1-3-5-8)9-6-12-7-10(9)16(14)15/h1-7,12H,(H,14,15). The number of carbonyl (C=O) groups is 1. The average molecular weight is 235 g/mol. The lowest BCUT2D eigenvalue weighted by molar-refractivity contribution is 0.103. The van der Waals surface area contributed by atoms with Gasteiger partial charge in [0.2, 0.25) is 0 Å². The lowest BCUT2D eigenvalue weighted by Crippen LogP contribution is -2.03. The van der Waals surface area contributed by atoms with Crippen LogP contribution in [0.15, 0.2) is 47.6 Å². The number of ketones is 1. The second-order valence-electron chi connectivity index (χ2n) is 3.18. The smallest absolute Gasteiger partial charge is 0.195 e. The molecule has 2 aromatic rings. The number of carbonyl (C=O) groups excluding carboxylic acids is 1. The molecule has 0 spiro atoms. The van der Waals surface area contributed by atoms with Gasteiger partial charge in [-0.05, 0) is 0 Å². The third kappa shape index (κ3) is 1.95. The average Bonchev–Trinajstić information content (AvgIpc) is 2.78. The third-order valence-corrected chi connectivity index (χ3v) is 2.89. The first-order valence-electron chi connectivity index (χ1n) is 4.57. The predicted molar refractivity (Wildman–Crippen MR) is 59.7 cm³/mol. The second kappa shape index (κ2) is 4.42. The summed E-state index contributed by atoms with van der Waals surface area (Å²) in [7, 11) is 0. The van der Waals surface area contributed by atoms with Crippen LogP contribution in [0.2, 0.25) is 0 Å². The van der Waals surface area contributed by atoms with Gasteiger partial charge in [-0.25, -0.2) is 4.21 Å². The molecule has 1 aromatic carbocycles. The van der Waals surface area contributed by atoms with Crippen LogP contribution < -0.4 is 0 Å². The highest BCUT2D eigenvalue weighted by Gasteiger charge is 2.17. The summed E-state index contributed by atoms with van der Waals surface area (Å²) in [6.07, 6.45) is 2.78. The Balaban J connectivity index is 2.42. The Morgan fingerprint density at radius 3 is 2.50 bits per heavy atom. The highest BCUT2D eigenvalue weighted by molar-refractivity contribution is 7.79. The molecule has 2 N–H and O–H groups in total. The highest BCUT2D eigenvalue weighted by Crippen LogP contribution is 2.16. The van der Waals surface area contributed by atoms with Crippen LogP contribution in [-0.4, -0.2) is 19.5 Å². The first-order valence-corrected chi connectivity index (χ1v) is 5.68. The van der Waals surface area contributed by atoms with Gasteiger partial charge in [0.05, 0.1) is 10.5 Å². The van der Waals surface area contributed by atoms with E-state index in [-0.39, 0.29) is 16.2 Å². The second-order valence-corrected chi connectivity index (χ2v) is 4.12. The summed E-state index contributed by atoms with van der Waals surface area (Å²) in [6, 6.07) is 8.63. The molecule has 1 atom stereocenters. The van der Waals surface area contributed by atoms with Crippen molar-refractivity contribution in [1.29, 1.82) is 0 Å². The molecule has 1 unspecified atom stereocenters. The van der Waals surface area contributed by atoms with Gasteiger partial charge in [-0.15, -0.1) is 0 Å². The largest absolute Gasteiger partial charge is 0.366 e. The molecule has 2 rings (SSSR count). The van der Waals surface area contributed by atoms with E-state index in [0.29, 0.717) is 5.56 Å². The quantitative estimate of drug-likeness (QED) is 0.629. The minimum Gasteiger partial charge on any atom is -0.366 e. The van der Waals surface area contributed by atoms with Crippen LogP contribution >= 0.6 is 0 Å². The van der Waals surface area contributed by atoms with Gasteiger partial charge >= 0.3 is 0 Å². The van der Waals surface area contributed by atoms with Crippen molar-refractivity contribution < 1.29 is 13.6 Å². The molecule has 0 bridgehead atoms. The Kier molecular flexibility index (Phi) is 2.98. The first-order chi connectivity index (χ1) is 7.70. The monoisotopic (exact) mass is 235 g/mol. The molecule has 0 saturated heterocycles. The number of nitrogens with one attached hydrogen (secondary N) is 1. The van der Waals surface area contributed by atoms with E-state index >= 15 is 0 Å². The zero-order valence-electron chi connectivity index (χ0n) is 8.21. The maximum absolute atomic E-state index is 12.0. The van der Waals surface area contributed by atoms with Gasteiger partial charge in [-0.3, -0.25) is 4.79 Å². The molecule has 0 fully saturated rings. The van der Waals surface area contributed by atoms with Crippen LogP contribution in [0.3, 0.4) is 0 Å². The molecule has 0 aliphatic carbocycles. The van der Waals surface area contributed by atoms with Gasteiger partial charge in [0.1, 0.15) is 0 Å². The topological polar surface area (TPSA) is 70.2 Å². The van der Waals surface area contributed by atoms with Gasteiger partial charge in [0, 0.05) is 18.0 Å². The lowest BCUT2D eigenvalue weighted by atomic mass is 10.1. The Morgan fingerprint density at radius 1 is 1.19 bits per heavy atom. The van der Waals surface area contributed by atoms with Crippen LogP contribution in [-0.2, 0) is 11.1 Å². The van der Waals surface area contributed by atoms with E-state index in [0.717, 1.165) is 0 Å². The van der Waals surface area contributed by atoms with E-state index in [1.165, 1.54) is 12.4 Å². The molecule has 0 saturated carbocycles. The molecule has 16 heavy (non-hydrogen) atoms. The fraction of sp³-hybridized carbons (Fsp3) is 0. The molecule has 0 aliphatic rings. The fourth-order valence-electron chi connectivity index (χ4n) is 1.42. The van der Waals surface area contributed by atoms with Gasteiger partial charge in [0.15, 0.2) is 16.9 Å². The maximum atomic E-state index is 12.0. The summed E-state index contributed by atoms with van der Waals surface area (Å²) in [5.74, 6) is -0.265. The molecular formula is C11H9NO3S. The summed E-state index contributed by atoms with van der Waals surface area (Å²) >= 11 is -2.16. The third-order valence-electron chi connectivity index (χ3n) is 2.18. The molecule has 1 aromatic heterocycles. The van der Waals surface area contributed by atoms with Crippen molar-refractivity contribution >= 4 is 16.9 Å². The molecule has 82 valence electrons. The molecule has 0 radical (unpaired) electrons. The molecule has 0 amide bonds. The highest BCUT2D eigenvalue weighted by atomic mass is 32.2. The van der Waals surface area contributed by atoms with Crippen molar-refractivity contribution in [3.05, 3.63) is 53.9 Å². The van der Waals surface area contributed by atoms with E-state index in [4.69, 9.17) is 4.55 Å². The number of hydrogen-bond acceptors (Lipinski definition) is 2. The summed E-state index contributed by atoms with van der Waals surface area (Å²) in [4.78, 5) is 14.7. The van der Waals surface area contributed by atoms with Crippen LogP contribution in [0.1, 0.15) is 15.9 Å². The summed E-state index contributed by atoms with van der Waals surface area (Å²) < 4.78 is 19.9. The van der Waals surface area contributed by atoms with Crippen LogP contribution in [0.5, 0.6) is 0 Å². The minimum absolute atomic E-state index is 0.105. The molecule has 4 nitrogen and oxygen atoms in total. The van der Waals surface area contributed by atoms with Gasteiger partial charge < -0.3 is 9.54 Å². The Labute approximate surface area is 94.6 Å². The zero-order chi connectivity index (χ0) is 11.5. The van der Waals surface area contributed by atoms with Crippen molar-refractivity contribution in [3.8, 4) is 0 Å². The number of hydrogen-bond donors (Lipinski definition) is 2. The van der Waals surface area contributed by atoms with Crippen LogP contribution in [0, 0.1) is 0 Å². The van der Waals surface area contributed by atoms with Gasteiger partial charge in [-0.2, -0.15) is 0 Å². The number of aromatic amines is 1. The molecule has 1 heterocycles. The first kappa shape index (κ1) is 10.8. The Bertz CT molecular complexity index is 533. The lowest BCUT2D eigenvalue weighted by Gasteiger charge is -1.99. The maximum Gasteiger partial charge on any atom is 0.195 e. The SMILES string of the molecule is O=C(c1ccccc1)c1c[nH]cc1S(=O)O. The zero-order valence-corrected chi connectivity index (χ0v) is 9.03. The van der Waals surface area contributed by atoms with E-state index in [2.05, 4.69) is 4.98 Å². The van der Waals surface area contributed by atoms with E-state index in [9.17, 15) is 9.00 Å². The molecule has 0 aliphatic heterocycles. The number of rotatable bonds is 3. The van der Waals surface area contributed by atoms with Crippen molar-refractivity contribution in [1.82, 2.24) is 4.98 Å². The normalized spacial score (nSPS) is 12.3. The molecule has 5 heteroatoms. The van der Waals surface area contributed by atoms with Crippen molar-refractivity contribution in [2.24, 2.45) is 0 Å². The summed E-state index contributed by atoms with van der Waals surface area (Å²) in [5, 5.41) is 0. The van der Waals surface area contributed by atoms with E-state index < -0.39 is 11.1 Å². The predicted octanol–water partition coefficient (Wildman–Crippen LogP) is 1.83. The Hall–Kier alpha value is -1.72. The summed E-state index contributed by atoms with van der Waals surface area (Å²) in [5.41, 5.74) is 0.723. The minimum atomic E-state index is -2.16. The summed E-state index contributed by atoms with van der Waals surface area (Å²) in [6.45, 7) is 0. The number of aromatic nitrogens is 1. The Morgan fingerprint density at radius 2 is 1.88 bits per heavy atom. The number of H-pyrrole nitrogens is 1. The molecular weight excluding hydrogens is 226 g/mol. The van der Waals surface area contributed by atoms with Crippen LogP contribution in [0.4, 0.5) is 0 Å². The van der Waals surface area contributed by atoms with Crippen molar-refractivity contribution in [2.75, 3.05) is 0 Å². The van der Waals surface area contributed by atoms with Gasteiger partial charge in [-0.1, -0.05) is 30.3 Å². The van der Waals surface area contributed by atoms with Crippen molar-refractivity contribution in [2.45, 2.75) is 4.90 Å².